The standard InChI is InChI=1S/C16H23ClN2O2/c17-14-2-1-3-15(12-14)19-8-6-18(7-9-19)5-4-16-13-20-10-11-21-16/h1-3,12,16H,4-11,13H2. The number of nitrogens with zero attached hydrogens (tertiary/aromatic N) is 2. The first kappa shape index (κ1) is 15.1. The summed E-state index contributed by atoms with van der Waals surface area (Å²) in [6.45, 7) is 7.65. The highest BCUT2D eigenvalue weighted by atomic mass is 35.5. The molecule has 1 atom stereocenters. The highest BCUT2D eigenvalue weighted by Gasteiger charge is 2.20. The molecule has 2 aliphatic heterocycles. The Labute approximate surface area is 131 Å². The van der Waals surface area contributed by atoms with Crippen LogP contribution in [0, 0.1) is 0 Å². The average molecular weight is 311 g/mol. The smallest absolute Gasteiger partial charge is 0.0821 e. The summed E-state index contributed by atoms with van der Waals surface area (Å²) in [6, 6.07) is 8.12. The van der Waals surface area contributed by atoms with Gasteiger partial charge in [-0.05, 0) is 24.6 Å². The lowest BCUT2D eigenvalue weighted by Crippen LogP contribution is -2.47. The van der Waals surface area contributed by atoms with E-state index in [9.17, 15) is 0 Å². The van der Waals surface area contributed by atoms with Crippen LogP contribution in [0.15, 0.2) is 24.3 Å². The summed E-state index contributed by atoms with van der Waals surface area (Å²) in [4.78, 5) is 4.92. The zero-order valence-corrected chi connectivity index (χ0v) is 13.1. The van der Waals surface area contributed by atoms with Gasteiger partial charge in [0.15, 0.2) is 0 Å². The maximum atomic E-state index is 6.07. The molecule has 5 heteroatoms. The Morgan fingerprint density at radius 2 is 2.00 bits per heavy atom. The van der Waals surface area contributed by atoms with E-state index in [1.807, 2.05) is 18.2 Å². The molecule has 0 amide bonds. The van der Waals surface area contributed by atoms with E-state index in [0.717, 1.165) is 64.0 Å². The molecular weight excluding hydrogens is 288 g/mol. The van der Waals surface area contributed by atoms with Crippen molar-refractivity contribution in [2.24, 2.45) is 0 Å². The average Bonchev–Trinajstić information content (AvgIpc) is 2.54. The zero-order chi connectivity index (χ0) is 14.5. The van der Waals surface area contributed by atoms with Gasteiger partial charge in [0.2, 0.25) is 0 Å². The fraction of sp³-hybridized carbons (Fsp3) is 0.625. The number of hydrogen-bond acceptors (Lipinski definition) is 4. The maximum Gasteiger partial charge on any atom is 0.0821 e. The molecule has 4 nitrogen and oxygen atoms in total. The van der Waals surface area contributed by atoms with Crippen LogP contribution in [0.2, 0.25) is 5.02 Å². The highest BCUT2D eigenvalue weighted by Crippen LogP contribution is 2.21. The molecule has 0 saturated carbocycles. The number of piperazine rings is 1. The molecule has 21 heavy (non-hydrogen) atoms. The first-order valence-electron chi connectivity index (χ1n) is 7.73. The topological polar surface area (TPSA) is 24.9 Å². The molecule has 1 aromatic carbocycles. The Balaban J connectivity index is 1.42. The van der Waals surface area contributed by atoms with Gasteiger partial charge in [0.05, 0.1) is 25.9 Å². The van der Waals surface area contributed by atoms with Gasteiger partial charge in [-0.2, -0.15) is 0 Å². The van der Waals surface area contributed by atoms with Crippen molar-refractivity contribution < 1.29 is 9.47 Å². The maximum absolute atomic E-state index is 6.07. The van der Waals surface area contributed by atoms with E-state index in [0.29, 0.717) is 0 Å². The van der Waals surface area contributed by atoms with Crippen molar-refractivity contribution in [1.82, 2.24) is 4.90 Å². The van der Waals surface area contributed by atoms with E-state index in [4.69, 9.17) is 21.1 Å². The van der Waals surface area contributed by atoms with Gasteiger partial charge in [-0.3, -0.25) is 4.90 Å². The monoisotopic (exact) mass is 310 g/mol. The first-order valence-corrected chi connectivity index (χ1v) is 8.11. The fourth-order valence-electron chi connectivity index (χ4n) is 2.93. The van der Waals surface area contributed by atoms with Gasteiger partial charge < -0.3 is 14.4 Å². The molecule has 0 spiro atoms. The number of rotatable bonds is 4. The Kier molecular flexibility index (Phi) is 5.36. The van der Waals surface area contributed by atoms with Crippen molar-refractivity contribution >= 4 is 17.3 Å². The van der Waals surface area contributed by atoms with Gasteiger partial charge in [0.25, 0.3) is 0 Å². The minimum Gasteiger partial charge on any atom is -0.376 e. The molecule has 1 aromatic rings. The van der Waals surface area contributed by atoms with Crippen molar-refractivity contribution in [2.45, 2.75) is 12.5 Å². The van der Waals surface area contributed by atoms with Crippen molar-refractivity contribution in [3.8, 4) is 0 Å². The predicted octanol–water partition coefficient (Wildman–Crippen LogP) is 2.27. The molecule has 3 rings (SSSR count). The lowest BCUT2D eigenvalue weighted by atomic mass is 10.2. The third kappa shape index (κ3) is 4.33. The predicted molar refractivity (Wildman–Crippen MR) is 85.3 cm³/mol. The van der Waals surface area contributed by atoms with Crippen LogP contribution in [-0.4, -0.2) is 63.5 Å². The van der Waals surface area contributed by atoms with E-state index >= 15 is 0 Å². The summed E-state index contributed by atoms with van der Waals surface area (Å²) in [5.41, 5.74) is 1.23. The van der Waals surface area contributed by atoms with Crippen LogP contribution in [0.5, 0.6) is 0 Å². The number of anilines is 1. The fourth-order valence-corrected chi connectivity index (χ4v) is 3.12. The first-order chi connectivity index (χ1) is 10.3. The molecule has 2 heterocycles. The van der Waals surface area contributed by atoms with Crippen molar-refractivity contribution in [3.05, 3.63) is 29.3 Å². The number of benzene rings is 1. The Morgan fingerprint density at radius 1 is 1.14 bits per heavy atom. The number of ether oxygens (including phenoxy) is 2. The summed E-state index contributed by atoms with van der Waals surface area (Å²) in [7, 11) is 0. The second kappa shape index (κ2) is 7.45. The Hall–Kier alpha value is -0.810. The molecule has 0 aromatic heterocycles. The number of halogens is 1. The molecule has 2 aliphatic rings. The van der Waals surface area contributed by atoms with Crippen molar-refractivity contribution in [1.29, 1.82) is 0 Å². The summed E-state index contributed by atoms with van der Waals surface area (Å²) in [5.74, 6) is 0. The van der Waals surface area contributed by atoms with Gasteiger partial charge >= 0.3 is 0 Å². The van der Waals surface area contributed by atoms with Crippen LogP contribution in [0.1, 0.15) is 6.42 Å². The van der Waals surface area contributed by atoms with Crippen molar-refractivity contribution in [2.75, 3.05) is 57.4 Å². The van der Waals surface area contributed by atoms with E-state index in [1.54, 1.807) is 0 Å². The van der Waals surface area contributed by atoms with Crippen LogP contribution in [-0.2, 0) is 9.47 Å². The number of hydrogen-bond donors (Lipinski definition) is 0. The Bertz CT molecular complexity index is 444. The summed E-state index contributed by atoms with van der Waals surface area (Å²) in [6.07, 6.45) is 1.35. The second-order valence-electron chi connectivity index (χ2n) is 5.66. The summed E-state index contributed by atoms with van der Waals surface area (Å²) < 4.78 is 11.1. The minimum atomic E-state index is 0.282. The molecule has 2 saturated heterocycles. The molecule has 1 unspecified atom stereocenters. The third-order valence-corrected chi connectivity index (χ3v) is 4.43. The lowest BCUT2D eigenvalue weighted by Gasteiger charge is -2.37. The summed E-state index contributed by atoms with van der Waals surface area (Å²) in [5, 5.41) is 0.810. The van der Waals surface area contributed by atoms with Crippen LogP contribution in [0.25, 0.3) is 0 Å². The molecule has 0 bridgehead atoms. The van der Waals surface area contributed by atoms with E-state index in [2.05, 4.69) is 15.9 Å². The highest BCUT2D eigenvalue weighted by molar-refractivity contribution is 6.30. The van der Waals surface area contributed by atoms with Gasteiger partial charge in [-0.25, -0.2) is 0 Å². The normalized spacial score (nSPS) is 24.2. The lowest BCUT2D eigenvalue weighted by molar-refractivity contribution is -0.0927. The molecule has 2 fully saturated rings. The molecule has 0 radical (unpaired) electrons. The molecule has 0 aliphatic carbocycles. The Morgan fingerprint density at radius 3 is 2.71 bits per heavy atom. The van der Waals surface area contributed by atoms with Crippen LogP contribution < -0.4 is 4.90 Å². The quantitative estimate of drug-likeness (QED) is 0.852. The zero-order valence-electron chi connectivity index (χ0n) is 12.3. The summed E-state index contributed by atoms with van der Waals surface area (Å²) >= 11 is 6.07. The molecular formula is C16H23ClN2O2. The van der Waals surface area contributed by atoms with Gasteiger partial charge in [0.1, 0.15) is 0 Å². The van der Waals surface area contributed by atoms with Gasteiger partial charge in [0, 0.05) is 43.4 Å². The SMILES string of the molecule is Clc1cccc(N2CCN(CCC3COCCO3)CC2)c1. The molecule has 116 valence electrons. The van der Waals surface area contributed by atoms with Gasteiger partial charge in [-0.15, -0.1) is 0 Å². The third-order valence-electron chi connectivity index (χ3n) is 4.20. The van der Waals surface area contributed by atoms with E-state index < -0.39 is 0 Å². The van der Waals surface area contributed by atoms with Crippen LogP contribution >= 0.6 is 11.6 Å². The van der Waals surface area contributed by atoms with Crippen LogP contribution in [0.4, 0.5) is 5.69 Å². The van der Waals surface area contributed by atoms with Gasteiger partial charge in [-0.1, -0.05) is 17.7 Å². The minimum absolute atomic E-state index is 0.282. The van der Waals surface area contributed by atoms with E-state index in [-0.39, 0.29) is 6.10 Å². The van der Waals surface area contributed by atoms with Crippen molar-refractivity contribution in [3.63, 3.8) is 0 Å². The molecule has 0 N–H and O–H groups in total. The second-order valence-corrected chi connectivity index (χ2v) is 6.10. The largest absolute Gasteiger partial charge is 0.376 e. The van der Waals surface area contributed by atoms with E-state index in [1.165, 1.54) is 5.69 Å². The van der Waals surface area contributed by atoms with Crippen LogP contribution in [0.3, 0.4) is 0 Å².